The van der Waals surface area contributed by atoms with Gasteiger partial charge in [0.15, 0.2) is 0 Å². The van der Waals surface area contributed by atoms with Gasteiger partial charge in [0.05, 0.1) is 6.61 Å². The fourth-order valence-electron chi connectivity index (χ4n) is 2.54. The van der Waals surface area contributed by atoms with Crippen LogP contribution in [0, 0.1) is 0 Å². The highest BCUT2D eigenvalue weighted by Crippen LogP contribution is 2.29. The first-order valence-corrected chi connectivity index (χ1v) is 8.52. The third kappa shape index (κ3) is 3.50. The minimum Gasteiger partial charge on any atom is -0.494 e. The first-order valence-electron chi connectivity index (χ1n) is 8.52. The van der Waals surface area contributed by atoms with Crippen molar-refractivity contribution in [3.05, 3.63) is 42.7 Å². The quantitative estimate of drug-likeness (QED) is 0.655. The molecule has 2 aromatic heterocycles. The molecule has 0 fully saturated rings. The Labute approximate surface area is 142 Å². The van der Waals surface area contributed by atoms with E-state index in [1.807, 2.05) is 28.8 Å². The molecule has 0 aliphatic heterocycles. The first-order chi connectivity index (χ1) is 11.7. The second-order valence-electron chi connectivity index (χ2n) is 6.12. The van der Waals surface area contributed by atoms with E-state index < -0.39 is 0 Å². The van der Waals surface area contributed by atoms with Crippen LogP contribution >= 0.6 is 0 Å². The van der Waals surface area contributed by atoms with Crippen LogP contribution in [0.1, 0.15) is 33.6 Å². The normalized spacial score (nSPS) is 11.2. The van der Waals surface area contributed by atoms with Gasteiger partial charge in [0.2, 0.25) is 5.78 Å². The zero-order chi connectivity index (χ0) is 16.9. The second-order valence-corrected chi connectivity index (χ2v) is 6.12. The van der Waals surface area contributed by atoms with Gasteiger partial charge in [-0.25, -0.2) is 9.97 Å². The number of ether oxygens (including phenoxy) is 1. The molecule has 1 aromatic carbocycles. The number of hydrogen-bond acceptors (Lipinski definition) is 4. The number of nitrogens with one attached hydrogen (secondary N) is 1. The van der Waals surface area contributed by atoms with E-state index in [0.717, 1.165) is 42.3 Å². The molecule has 3 rings (SSSR count). The molecule has 0 saturated carbocycles. The van der Waals surface area contributed by atoms with Crippen LogP contribution in [0.15, 0.2) is 42.7 Å². The van der Waals surface area contributed by atoms with Crippen LogP contribution < -0.4 is 10.1 Å². The standard InChI is InChI=1S/C19H24N4O/c1-4-5-13-24-16-9-7-15(8-10-16)17-18(21-14(2)3)23-12-6-11-20-19(23)22-17/h6-12,14,21H,4-5,13H2,1-3H3. The summed E-state index contributed by atoms with van der Waals surface area (Å²) in [4.78, 5) is 9.04. The Morgan fingerprint density at radius 3 is 2.71 bits per heavy atom. The van der Waals surface area contributed by atoms with Gasteiger partial charge in [-0.1, -0.05) is 13.3 Å². The van der Waals surface area contributed by atoms with Crippen molar-refractivity contribution >= 4 is 11.6 Å². The number of rotatable bonds is 7. The van der Waals surface area contributed by atoms with E-state index in [9.17, 15) is 0 Å². The summed E-state index contributed by atoms with van der Waals surface area (Å²) in [5, 5.41) is 3.48. The largest absolute Gasteiger partial charge is 0.494 e. The third-order valence-corrected chi connectivity index (χ3v) is 3.72. The Morgan fingerprint density at radius 2 is 2.00 bits per heavy atom. The van der Waals surface area contributed by atoms with E-state index in [1.165, 1.54) is 0 Å². The predicted molar refractivity (Wildman–Crippen MR) is 97.6 cm³/mol. The molecular weight excluding hydrogens is 300 g/mol. The number of imidazole rings is 1. The maximum atomic E-state index is 5.74. The monoisotopic (exact) mass is 324 g/mol. The van der Waals surface area contributed by atoms with E-state index in [0.29, 0.717) is 11.8 Å². The molecule has 0 aliphatic rings. The molecule has 0 bridgehead atoms. The minimum absolute atomic E-state index is 0.306. The van der Waals surface area contributed by atoms with Crippen LogP contribution in [0.2, 0.25) is 0 Å². The fourth-order valence-corrected chi connectivity index (χ4v) is 2.54. The van der Waals surface area contributed by atoms with Gasteiger partial charge in [-0.3, -0.25) is 4.40 Å². The van der Waals surface area contributed by atoms with Crippen molar-refractivity contribution in [2.75, 3.05) is 11.9 Å². The van der Waals surface area contributed by atoms with E-state index in [4.69, 9.17) is 4.74 Å². The molecule has 5 nitrogen and oxygen atoms in total. The third-order valence-electron chi connectivity index (χ3n) is 3.72. The van der Waals surface area contributed by atoms with Gasteiger partial charge in [-0.2, -0.15) is 0 Å². The van der Waals surface area contributed by atoms with Crippen molar-refractivity contribution in [2.24, 2.45) is 0 Å². The van der Waals surface area contributed by atoms with Crippen molar-refractivity contribution in [1.29, 1.82) is 0 Å². The zero-order valence-corrected chi connectivity index (χ0v) is 14.5. The highest BCUT2D eigenvalue weighted by atomic mass is 16.5. The van der Waals surface area contributed by atoms with Crippen molar-refractivity contribution in [3.63, 3.8) is 0 Å². The lowest BCUT2D eigenvalue weighted by atomic mass is 10.1. The number of hydrogen-bond donors (Lipinski definition) is 1. The molecule has 0 amide bonds. The van der Waals surface area contributed by atoms with Gasteiger partial charge in [-0.15, -0.1) is 0 Å². The predicted octanol–water partition coefficient (Wildman–Crippen LogP) is 4.40. The molecule has 0 saturated heterocycles. The maximum Gasteiger partial charge on any atom is 0.235 e. The van der Waals surface area contributed by atoms with Crippen LogP contribution in [-0.2, 0) is 0 Å². The fraction of sp³-hybridized carbons (Fsp3) is 0.368. The Bertz CT molecular complexity index is 793. The maximum absolute atomic E-state index is 5.74. The molecule has 126 valence electrons. The van der Waals surface area contributed by atoms with Crippen LogP contribution in [0.3, 0.4) is 0 Å². The van der Waals surface area contributed by atoms with E-state index in [2.05, 4.69) is 48.2 Å². The van der Waals surface area contributed by atoms with Gasteiger partial charge < -0.3 is 10.1 Å². The molecule has 5 heteroatoms. The summed E-state index contributed by atoms with van der Waals surface area (Å²) in [6, 6.07) is 10.3. The smallest absolute Gasteiger partial charge is 0.235 e. The van der Waals surface area contributed by atoms with Gasteiger partial charge in [-0.05, 0) is 50.6 Å². The second kappa shape index (κ2) is 7.34. The van der Waals surface area contributed by atoms with E-state index in [-0.39, 0.29) is 0 Å². The van der Waals surface area contributed by atoms with E-state index >= 15 is 0 Å². The van der Waals surface area contributed by atoms with Crippen LogP contribution in [0.4, 0.5) is 5.82 Å². The van der Waals surface area contributed by atoms with E-state index in [1.54, 1.807) is 6.20 Å². The summed E-state index contributed by atoms with van der Waals surface area (Å²) in [6.45, 7) is 7.15. The molecule has 0 unspecified atom stereocenters. The number of anilines is 1. The lowest BCUT2D eigenvalue weighted by molar-refractivity contribution is 0.309. The highest BCUT2D eigenvalue weighted by Gasteiger charge is 2.15. The Kier molecular flexibility index (Phi) is 4.99. The lowest BCUT2D eigenvalue weighted by Crippen LogP contribution is -2.12. The summed E-state index contributed by atoms with van der Waals surface area (Å²) in [5.41, 5.74) is 1.95. The molecule has 0 atom stereocenters. The average Bonchev–Trinajstić information content (AvgIpc) is 2.94. The SMILES string of the molecule is CCCCOc1ccc(-c2nc3ncccn3c2NC(C)C)cc1. The van der Waals surface area contributed by atoms with Gasteiger partial charge in [0.1, 0.15) is 17.3 Å². The lowest BCUT2D eigenvalue weighted by Gasteiger charge is -2.12. The van der Waals surface area contributed by atoms with Crippen LogP contribution in [0.25, 0.3) is 17.0 Å². The minimum atomic E-state index is 0.306. The van der Waals surface area contributed by atoms with Gasteiger partial charge in [0, 0.05) is 24.0 Å². The molecule has 0 spiro atoms. The zero-order valence-electron chi connectivity index (χ0n) is 14.5. The molecule has 1 N–H and O–H groups in total. The van der Waals surface area contributed by atoms with Crippen LogP contribution in [-0.4, -0.2) is 27.0 Å². The van der Waals surface area contributed by atoms with Crippen molar-refractivity contribution in [2.45, 2.75) is 39.7 Å². The Hall–Kier alpha value is -2.56. The molecule has 0 radical (unpaired) electrons. The van der Waals surface area contributed by atoms with Crippen molar-refractivity contribution < 1.29 is 4.74 Å². The Morgan fingerprint density at radius 1 is 1.21 bits per heavy atom. The topological polar surface area (TPSA) is 51.5 Å². The summed E-state index contributed by atoms with van der Waals surface area (Å²) in [6.07, 6.45) is 5.95. The summed E-state index contributed by atoms with van der Waals surface area (Å²) >= 11 is 0. The number of nitrogens with zero attached hydrogens (tertiary/aromatic N) is 3. The summed E-state index contributed by atoms with van der Waals surface area (Å²) in [7, 11) is 0. The number of benzene rings is 1. The number of aromatic nitrogens is 3. The number of fused-ring (bicyclic) bond motifs is 1. The molecular formula is C19H24N4O. The van der Waals surface area contributed by atoms with Crippen molar-refractivity contribution in [3.8, 4) is 17.0 Å². The molecule has 24 heavy (non-hydrogen) atoms. The Balaban J connectivity index is 1.93. The summed E-state index contributed by atoms with van der Waals surface area (Å²) in [5.74, 6) is 2.55. The molecule has 0 aliphatic carbocycles. The molecule has 2 heterocycles. The molecule has 3 aromatic rings. The first kappa shape index (κ1) is 16.3. The highest BCUT2D eigenvalue weighted by molar-refractivity contribution is 5.76. The van der Waals surface area contributed by atoms with Crippen molar-refractivity contribution in [1.82, 2.24) is 14.4 Å². The number of unbranched alkanes of at least 4 members (excludes halogenated alkanes) is 1. The van der Waals surface area contributed by atoms with Gasteiger partial charge in [0.25, 0.3) is 0 Å². The van der Waals surface area contributed by atoms with Crippen LogP contribution in [0.5, 0.6) is 5.75 Å². The average molecular weight is 324 g/mol. The summed E-state index contributed by atoms with van der Waals surface area (Å²) < 4.78 is 7.72. The van der Waals surface area contributed by atoms with Gasteiger partial charge >= 0.3 is 0 Å².